The molecule has 0 unspecified atom stereocenters. The number of fused-ring (bicyclic) bond motifs is 1. The summed E-state index contributed by atoms with van der Waals surface area (Å²) in [5.41, 5.74) is 3.88. The van der Waals surface area contributed by atoms with E-state index in [4.69, 9.17) is 4.74 Å². The predicted molar refractivity (Wildman–Crippen MR) is 122 cm³/mol. The molecule has 0 aliphatic carbocycles. The van der Waals surface area contributed by atoms with Crippen molar-refractivity contribution >= 4 is 23.5 Å². The average molecular weight is 407 g/mol. The van der Waals surface area contributed by atoms with Crippen LogP contribution in [0.25, 0.3) is 6.08 Å². The molecule has 0 aromatic heterocycles. The van der Waals surface area contributed by atoms with Crippen LogP contribution in [0.2, 0.25) is 0 Å². The van der Waals surface area contributed by atoms with Crippen LogP contribution < -0.4 is 9.64 Å². The molecule has 0 N–H and O–H groups in total. The maximum absolute atomic E-state index is 13.1. The molecule has 1 amide bonds. The molecule has 0 radical (unpaired) electrons. The molecule has 1 aliphatic heterocycles. The lowest BCUT2D eigenvalue weighted by Crippen LogP contribution is -2.36. The van der Waals surface area contributed by atoms with Crippen LogP contribution in [0, 0.1) is 11.8 Å². The number of carbonyl (C=O) groups excluding carboxylic acids is 2. The van der Waals surface area contributed by atoms with Gasteiger partial charge in [0.15, 0.2) is 0 Å². The van der Waals surface area contributed by atoms with Crippen molar-refractivity contribution in [2.75, 3.05) is 19.1 Å². The Kier molecular flexibility index (Phi) is 5.68. The molecule has 0 saturated heterocycles. The normalized spacial score (nSPS) is 14.1. The molecule has 152 valence electrons. The summed E-state index contributed by atoms with van der Waals surface area (Å²) in [6.07, 6.45) is 2.23. The second kappa shape index (κ2) is 8.73. The lowest BCUT2D eigenvalue weighted by Gasteiger charge is -2.26. The second-order valence-corrected chi connectivity index (χ2v) is 7.22. The number of Topliss-reactive ketones (excluding diaryl/α,β-unsaturated/α-hetero) is 1. The zero-order valence-electron chi connectivity index (χ0n) is 17.4. The van der Waals surface area contributed by atoms with Gasteiger partial charge >= 0.3 is 0 Å². The molecular formula is C27H21NO3. The van der Waals surface area contributed by atoms with Crippen LogP contribution in [0.5, 0.6) is 5.75 Å². The molecular weight excluding hydrogens is 386 g/mol. The highest BCUT2D eigenvalue weighted by atomic mass is 16.5. The Bertz CT molecular complexity index is 1230. The number of benzene rings is 3. The van der Waals surface area contributed by atoms with Crippen LogP contribution in [-0.4, -0.2) is 25.8 Å². The summed E-state index contributed by atoms with van der Waals surface area (Å²) >= 11 is 0. The third-order valence-electron chi connectivity index (χ3n) is 5.18. The maximum Gasteiger partial charge on any atom is 0.262 e. The SMILES string of the molecule is COc1ccc(CC#Cc2ccc3c(c2)C(=O)C(=Cc2ccccc2)C(=O)N3C)cc1. The van der Waals surface area contributed by atoms with E-state index in [1.54, 1.807) is 32.4 Å². The van der Waals surface area contributed by atoms with Crippen molar-refractivity contribution in [1.82, 2.24) is 0 Å². The van der Waals surface area contributed by atoms with Gasteiger partial charge in [-0.1, -0.05) is 54.3 Å². The number of hydrogen-bond donors (Lipinski definition) is 0. The second-order valence-electron chi connectivity index (χ2n) is 7.22. The van der Waals surface area contributed by atoms with Gasteiger partial charge in [-0.2, -0.15) is 0 Å². The number of anilines is 1. The number of carbonyl (C=O) groups is 2. The highest BCUT2D eigenvalue weighted by Gasteiger charge is 2.32. The number of nitrogens with zero attached hydrogens (tertiary/aromatic N) is 1. The summed E-state index contributed by atoms with van der Waals surface area (Å²) in [5.74, 6) is 6.50. The molecule has 1 aliphatic rings. The van der Waals surface area contributed by atoms with Gasteiger partial charge in [-0.15, -0.1) is 0 Å². The highest BCUT2D eigenvalue weighted by molar-refractivity contribution is 6.36. The standard InChI is InChI=1S/C27H21NO3/c1-28-25-16-13-21(10-6-9-19-11-14-22(31-2)15-12-19)17-23(25)26(29)24(27(28)30)18-20-7-4-3-5-8-20/h3-5,7-8,11-18H,9H2,1-2H3. The number of likely N-dealkylation sites (N-methyl/N-ethyl adjacent to an activating group) is 1. The minimum Gasteiger partial charge on any atom is -0.497 e. The predicted octanol–water partition coefficient (Wildman–Crippen LogP) is 4.53. The van der Waals surface area contributed by atoms with E-state index in [1.807, 2.05) is 60.7 Å². The van der Waals surface area contributed by atoms with E-state index in [9.17, 15) is 9.59 Å². The van der Waals surface area contributed by atoms with Crippen molar-refractivity contribution in [3.8, 4) is 17.6 Å². The lowest BCUT2D eigenvalue weighted by atomic mass is 9.92. The molecule has 3 aromatic rings. The molecule has 0 fully saturated rings. The van der Waals surface area contributed by atoms with E-state index >= 15 is 0 Å². The monoisotopic (exact) mass is 407 g/mol. The summed E-state index contributed by atoms with van der Waals surface area (Å²) in [4.78, 5) is 27.4. The van der Waals surface area contributed by atoms with Crippen LogP contribution in [0.15, 0.2) is 78.4 Å². The van der Waals surface area contributed by atoms with Gasteiger partial charge in [0.05, 0.1) is 18.4 Å². The summed E-state index contributed by atoms with van der Waals surface area (Å²) in [6, 6.07) is 22.5. The van der Waals surface area contributed by atoms with Gasteiger partial charge in [-0.05, 0) is 47.5 Å². The van der Waals surface area contributed by atoms with Crippen molar-refractivity contribution in [2.45, 2.75) is 6.42 Å². The summed E-state index contributed by atoms with van der Waals surface area (Å²) in [5, 5.41) is 0. The van der Waals surface area contributed by atoms with Gasteiger partial charge in [0.1, 0.15) is 5.75 Å². The van der Waals surface area contributed by atoms with E-state index in [0.29, 0.717) is 17.7 Å². The third kappa shape index (κ3) is 4.26. The number of amides is 1. The summed E-state index contributed by atoms with van der Waals surface area (Å²) < 4.78 is 5.17. The molecule has 4 rings (SSSR count). The number of rotatable bonds is 3. The van der Waals surface area contributed by atoms with E-state index in [2.05, 4.69) is 11.8 Å². The summed E-state index contributed by atoms with van der Waals surface area (Å²) in [7, 11) is 3.32. The molecule has 1 heterocycles. The van der Waals surface area contributed by atoms with Gasteiger partial charge in [0.25, 0.3) is 5.91 Å². The Balaban J connectivity index is 1.61. The van der Waals surface area contributed by atoms with E-state index in [1.165, 1.54) is 4.90 Å². The van der Waals surface area contributed by atoms with Crippen LogP contribution in [0.1, 0.15) is 27.0 Å². The molecule has 4 nitrogen and oxygen atoms in total. The minimum atomic E-state index is -0.306. The van der Waals surface area contributed by atoms with Crippen LogP contribution in [0.3, 0.4) is 0 Å². The first-order chi connectivity index (χ1) is 15.1. The van der Waals surface area contributed by atoms with Gasteiger partial charge in [0.2, 0.25) is 5.78 Å². The van der Waals surface area contributed by atoms with Crippen molar-refractivity contribution < 1.29 is 14.3 Å². The van der Waals surface area contributed by atoms with Gasteiger partial charge in [0, 0.05) is 24.6 Å². The topological polar surface area (TPSA) is 46.6 Å². The molecule has 0 atom stereocenters. The first-order valence-electron chi connectivity index (χ1n) is 9.92. The van der Waals surface area contributed by atoms with Crippen LogP contribution >= 0.6 is 0 Å². The molecule has 0 spiro atoms. The fraction of sp³-hybridized carbons (Fsp3) is 0.111. The number of ether oxygens (including phenoxy) is 1. The Morgan fingerprint density at radius 2 is 1.71 bits per heavy atom. The molecule has 0 saturated carbocycles. The van der Waals surface area contributed by atoms with Gasteiger partial charge in [-0.3, -0.25) is 9.59 Å². The highest BCUT2D eigenvalue weighted by Crippen LogP contribution is 2.31. The quantitative estimate of drug-likeness (QED) is 0.364. The van der Waals surface area contributed by atoms with Crippen molar-refractivity contribution in [1.29, 1.82) is 0 Å². The smallest absolute Gasteiger partial charge is 0.262 e. The zero-order chi connectivity index (χ0) is 21.8. The Labute approximate surface area is 181 Å². The van der Waals surface area contributed by atoms with Crippen LogP contribution in [-0.2, 0) is 11.2 Å². The van der Waals surface area contributed by atoms with Gasteiger partial charge < -0.3 is 9.64 Å². The molecule has 3 aromatic carbocycles. The van der Waals surface area contributed by atoms with Gasteiger partial charge in [-0.25, -0.2) is 0 Å². The van der Waals surface area contributed by atoms with Crippen molar-refractivity contribution in [2.24, 2.45) is 0 Å². The zero-order valence-corrected chi connectivity index (χ0v) is 17.4. The first-order valence-corrected chi connectivity index (χ1v) is 9.92. The third-order valence-corrected chi connectivity index (χ3v) is 5.18. The molecule has 0 bridgehead atoms. The number of hydrogen-bond acceptors (Lipinski definition) is 3. The fourth-order valence-corrected chi connectivity index (χ4v) is 3.46. The maximum atomic E-state index is 13.1. The Hall–Kier alpha value is -4.10. The average Bonchev–Trinajstić information content (AvgIpc) is 2.81. The van der Waals surface area contributed by atoms with Crippen LogP contribution in [0.4, 0.5) is 5.69 Å². The van der Waals surface area contributed by atoms with E-state index in [0.717, 1.165) is 22.4 Å². The Morgan fingerprint density at radius 3 is 2.42 bits per heavy atom. The van der Waals surface area contributed by atoms with E-state index < -0.39 is 0 Å². The largest absolute Gasteiger partial charge is 0.497 e. The Morgan fingerprint density at radius 1 is 0.968 bits per heavy atom. The number of ketones is 1. The van der Waals surface area contributed by atoms with E-state index in [-0.39, 0.29) is 17.3 Å². The summed E-state index contributed by atoms with van der Waals surface area (Å²) in [6.45, 7) is 0. The molecule has 31 heavy (non-hydrogen) atoms. The number of methoxy groups -OCH3 is 1. The van der Waals surface area contributed by atoms with Crippen molar-refractivity contribution in [3.63, 3.8) is 0 Å². The fourth-order valence-electron chi connectivity index (χ4n) is 3.46. The first kappa shape index (κ1) is 20.2. The minimum absolute atomic E-state index is 0.157. The molecule has 4 heteroatoms. The lowest BCUT2D eigenvalue weighted by molar-refractivity contribution is -0.114. The van der Waals surface area contributed by atoms with Crippen molar-refractivity contribution in [3.05, 3.63) is 101 Å².